The van der Waals surface area contributed by atoms with Crippen LogP contribution in [0.4, 0.5) is 10.2 Å². The van der Waals surface area contributed by atoms with Crippen LogP contribution in [0.5, 0.6) is 5.75 Å². The largest absolute Gasteiger partial charge is 0.496 e. The second-order valence-corrected chi connectivity index (χ2v) is 6.49. The Balaban J connectivity index is 1.83. The highest BCUT2D eigenvalue weighted by Gasteiger charge is 2.23. The normalized spacial score (nSPS) is 10.6. The molecular weight excluding hydrogens is 389 g/mol. The molecule has 1 heterocycles. The lowest BCUT2D eigenvalue weighted by molar-refractivity contribution is 0.0946. The lowest BCUT2D eigenvalue weighted by atomic mass is 10.0. The van der Waals surface area contributed by atoms with E-state index in [-0.39, 0.29) is 35.1 Å². The number of amides is 2. The molecule has 5 N–H and O–H groups in total. The summed E-state index contributed by atoms with van der Waals surface area (Å²) in [6.07, 6.45) is 0. The first-order valence-corrected chi connectivity index (χ1v) is 9.23. The summed E-state index contributed by atoms with van der Waals surface area (Å²) in [7, 11) is 1.48. The first-order valence-electron chi connectivity index (χ1n) is 9.23. The number of benzene rings is 2. The van der Waals surface area contributed by atoms with Crippen molar-refractivity contribution in [2.75, 3.05) is 12.8 Å². The lowest BCUT2D eigenvalue weighted by Gasteiger charge is -2.10. The predicted octanol–water partition coefficient (Wildman–Crippen LogP) is 2.33. The number of rotatable bonds is 7. The number of halogens is 1. The Bertz CT molecular complexity index is 1110. The molecule has 2 aromatic carbocycles. The third-order valence-corrected chi connectivity index (χ3v) is 4.63. The monoisotopic (exact) mass is 411 g/mol. The van der Waals surface area contributed by atoms with E-state index in [9.17, 15) is 14.0 Å². The van der Waals surface area contributed by atoms with E-state index in [1.165, 1.54) is 23.9 Å². The number of anilines is 1. The summed E-state index contributed by atoms with van der Waals surface area (Å²) in [5.41, 5.74) is 12.4. The van der Waals surface area contributed by atoms with Crippen LogP contribution in [0, 0.1) is 5.82 Å². The minimum absolute atomic E-state index is 0.0204. The number of aromatic nitrogens is 2. The molecular formula is C21H22FN5O3. The molecule has 0 aliphatic heterocycles. The van der Waals surface area contributed by atoms with Gasteiger partial charge in [0.25, 0.3) is 11.8 Å². The molecule has 3 rings (SSSR count). The number of para-hydroxylation sites is 1. The van der Waals surface area contributed by atoms with Crippen molar-refractivity contribution in [3.8, 4) is 17.0 Å². The third kappa shape index (κ3) is 3.95. The number of nitrogens with one attached hydrogen (secondary N) is 1. The van der Waals surface area contributed by atoms with Gasteiger partial charge in [0.05, 0.1) is 12.7 Å². The van der Waals surface area contributed by atoms with E-state index in [4.69, 9.17) is 16.2 Å². The lowest BCUT2D eigenvalue weighted by Crippen LogP contribution is -2.23. The number of aryl methyl sites for hydroxylation is 1. The van der Waals surface area contributed by atoms with Gasteiger partial charge in [-0.25, -0.2) is 9.07 Å². The quantitative estimate of drug-likeness (QED) is 0.550. The van der Waals surface area contributed by atoms with Crippen LogP contribution >= 0.6 is 0 Å². The summed E-state index contributed by atoms with van der Waals surface area (Å²) in [4.78, 5) is 24.2. The van der Waals surface area contributed by atoms with Crippen LogP contribution in [-0.4, -0.2) is 28.7 Å². The molecule has 0 saturated heterocycles. The van der Waals surface area contributed by atoms with Crippen molar-refractivity contribution in [3.63, 3.8) is 0 Å². The average molecular weight is 411 g/mol. The summed E-state index contributed by atoms with van der Waals surface area (Å²) in [5.74, 6) is -1.20. The molecule has 1 aromatic heterocycles. The van der Waals surface area contributed by atoms with Gasteiger partial charge in [-0.1, -0.05) is 18.2 Å². The van der Waals surface area contributed by atoms with Crippen LogP contribution in [0.25, 0.3) is 11.3 Å². The zero-order valence-corrected chi connectivity index (χ0v) is 16.6. The van der Waals surface area contributed by atoms with Gasteiger partial charge in [-0.2, -0.15) is 5.10 Å². The van der Waals surface area contributed by atoms with E-state index in [2.05, 4.69) is 10.4 Å². The molecule has 8 nitrogen and oxygen atoms in total. The maximum absolute atomic E-state index is 14.8. The van der Waals surface area contributed by atoms with E-state index in [0.29, 0.717) is 23.4 Å². The van der Waals surface area contributed by atoms with Gasteiger partial charge in [-0.15, -0.1) is 0 Å². The molecule has 0 radical (unpaired) electrons. The molecule has 0 aliphatic carbocycles. The first kappa shape index (κ1) is 20.8. The summed E-state index contributed by atoms with van der Waals surface area (Å²) in [6, 6.07) is 11.2. The smallest absolute Gasteiger partial charge is 0.255 e. The third-order valence-electron chi connectivity index (χ3n) is 4.63. The zero-order chi connectivity index (χ0) is 21.8. The van der Waals surface area contributed by atoms with Gasteiger partial charge in [-0.3, -0.25) is 9.59 Å². The summed E-state index contributed by atoms with van der Waals surface area (Å²) in [5, 5.41) is 6.94. The number of methoxy groups -OCH3 is 1. The molecule has 2 amide bonds. The van der Waals surface area contributed by atoms with Crippen LogP contribution in [0.1, 0.15) is 33.2 Å². The Morgan fingerprint density at radius 3 is 2.60 bits per heavy atom. The highest BCUT2D eigenvalue weighted by atomic mass is 19.1. The number of carbonyl (C=O) groups excluding carboxylic acids is 2. The van der Waals surface area contributed by atoms with Crippen molar-refractivity contribution in [1.82, 2.24) is 15.1 Å². The van der Waals surface area contributed by atoms with Crippen LogP contribution < -0.4 is 21.5 Å². The summed E-state index contributed by atoms with van der Waals surface area (Å²) < 4.78 is 21.4. The fourth-order valence-corrected chi connectivity index (χ4v) is 3.12. The van der Waals surface area contributed by atoms with Gasteiger partial charge >= 0.3 is 0 Å². The van der Waals surface area contributed by atoms with Gasteiger partial charge in [0.2, 0.25) is 0 Å². The summed E-state index contributed by atoms with van der Waals surface area (Å²) >= 11 is 0. The maximum Gasteiger partial charge on any atom is 0.255 e. The van der Waals surface area contributed by atoms with Crippen molar-refractivity contribution >= 4 is 17.6 Å². The number of nitrogens with zero attached hydrogens (tertiary/aromatic N) is 2. The summed E-state index contributed by atoms with van der Waals surface area (Å²) in [6.45, 7) is 2.30. The van der Waals surface area contributed by atoms with Gasteiger partial charge in [0.15, 0.2) is 0 Å². The number of hydrogen-bond donors (Lipinski definition) is 3. The Labute approximate surface area is 172 Å². The Morgan fingerprint density at radius 1 is 1.23 bits per heavy atom. The molecule has 3 aromatic rings. The predicted molar refractivity (Wildman–Crippen MR) is 110 cm³/mol. The highest BCUT2D eigenvalue weighted by molar-refractivity contribution is 6.03. The van der Waals surface area contributed by atoms with Gasteiger partial charge in [0.1, 0.15) is 28.6 Å². The molecule has 0 spiro atoms. The topological polar surface area (TPSA) is 125 Å². The molecule has 0 atom stereocenters. The van der Waals surface area contributed by atoms with Crippen molar-refractivity contribution < 1.29 is 18.7 Å². The fraction of sp³-hybridized carbons (Fsp3) is 0.190. The molecule has 0 fully saturated rings. The van der Waals surface area contributed by atoms with Crippen LogP contribution in [0.3, 0.4) is 0 Å². The van der Waals surface area contributed by atoms with E-state index >= 15 is 0 Å². The number of hydrogen-bond acceptors (Lipinski definition) is 5. The number of carbonyl (C=O) groups is 2. The molecule has 156 valence electrons. The Morgan fingerprint density at radius 2 is 1.97 bits per heavy atom. The Hall–Kier alpha value is -3.88. The van der Waals surface area contributed by atoms with Crippen molar-refractivity contribution in [3.05, 3.63) is 65.0 Å². The molecule has 0 unspecified atom stereocenters. The second-order valence-electron chi connectivity index (χ2n) is 6.49. The minimum atomic E-state index is -0.783. The maximum atomic E-state index is 14.8. The Kier molecular flexibility index (Phi) is 6.01. The molecule has 30 heavy (non-hydrogen) atoms. The molecule has 0 saturated carbocycles. The molecule has 9 heteroatoms. The SMILES string of the molecule is CCn1nc(-c2ccc(CNC(=O)c3ccccc3OC)cc2F)c(C(N)=O)c1N. The first-order chi connectivity index (χ1) is 14.4. The fourth-order valence-electron chi connectivity index (χ4n) is 3.12. The van der Waals surface area contributed by atoms with E-state index < -0.39 is 11.7 Å². The zero-order valence-electron chi connectivity index (χ0n) is 16.6. The van der Waals surface area contributed by atoms with Crippen molar-refractivity contribution in [1.29, 1.82) is 0 Å². The van der Waals surface area contributed by atoms with E-state index in [1.54, 1.807) is 37.3 Å². The average Bonchev–Trinajstić information content (AvgIpc) is 3.08. The van der Waals surface area contributed by atoms with Crippen molar-refractivity contribution in [2.24, 2.45) is 5.73 Å². The van der Waals surface area contributed by atoms with Crippen LogP contribution in [-0.2, 0) is 13.1 Å². The second kappa shape index (κ2) is 8.64. The van der Waals surface area contributed by atoms with Crippen LogP contribution in [0.15, 0.2) is 42.5 Å². The van der Waals surface area contributed by atoms with Gasteiger partial charge < -0.3 is 21.5 Å². The van der Waals surface area contributed by atoms with E-state index in [1.807, 2.05) is 0 Å². The standard InChI is InChI=1S/C21H22FN5O3/c1-3-27-19(23)17(20(24)28)18(26-27)13-9-8-12(10-15(13)22)11-25-21(29)14-6-4-5-7-16(14)30-2/h4-10H,3,11,23H2,1-2H3,(H2,24,28)(H,25,29). The van der Waals surface area contributed by atoms with Crippen LogP contribution in [0.2, 0.25) is 0 Å². The van der Waals surface area contributed by atoms with Gasteiger partial charge in [0, 0.05) is 18.7 Å². The number of nitrogens with two attached hydrogens (primary N) is 2. The number of nitrogen functional groups attached to an aromatic ring is 1. The highest BCUT2D eigenvalue weighted by Crippen LogP contribution is 2.29. The molecule has 0 bridgehead atoms. The van der Waals surface area contributed by atoms with Crippen molar-refractivity contribution in [2.45, 2.75) is 20.0 Å². The number of ether oxygens (including phenoxy) is 1. The molecule has 0 aliphatic rings. The van der Waals surface area contributed by atoms with Gasteiger partial charge in [-0.05, 0) is 36.8 Å². The van der Waals surface area contributed by atoms with E-state index in [0.717, 1.165) is 0 Å². The minimum Gasteiger partial charge on any atom is -0.496 e. The number of primary amides is 1.